The van der Waals surface area contributed by atoms with Gasteiger partial charge < -0.3 is 75.7 Å². The van der Waals surface area contributed by atoms with Crippen molar-refractivity contribution in [2.75, 3.05) is 48.5 Å². The summed E-state index contributed by atoms with van der Waals surface area (Å²) in [7, 11) is 3.19. The number of unbranched alkanes of at least 4 members (excludes halogenated alkanes) is 2. The number of benzene rings is 1. The van der Waals surface area contributed by atoms with Crippen LogP contribution >= 0.6 is 0 Å². The summed E-state index contributed by atoms with van der Waals surface area (Å²) in [5.74, 6) is 3.94. The van der Waals surface area contributed by atoms with Gasteiger partial charge in [-0.05, 0) is 258 Å². The number of anilines is 4. The predicted octanol–water partition coefficient (Wildman–Crippen LogP) is 7.13. The Hall–Kier alpha value is -5.78. The second-order valence-electron chi connectivity index (χ2n) is 34.8. The van der Waals surface area contributed by atoms with Gasteiger partial charge in [0, 0.05) is 77.3 Å². The lowest BCUT2D eigenvalue weighted by atomic mass is 9.42. The van der Waals surface area contributed by atoms with Gasteiger partial charge in [-0.15, -0.1) is 0 Å². The molecule has 102 heavy (non-hydrogen) atoms. The van der Waals surface area contributed by atoms with Crippen molar-refractivity contribution in [3.8, 4) is 0 Å². The van der Waals surface area contributed by atoms with Crippen molar-refractivity contribution < 1.29 is 29.4 Å². The van der Waals surface area contributed by atoms with Crippen LogP contribution in [-0.2, 0) is 32.3 Å². The van der Waals surface area contributed by atoms with E-state index >= 15 is 0 Å². The monoisotopic (exact) mass is 1410 g/mol. The Morgan fingerprint density at radius 2 is 0.853 bits per heavy atom. The number of nitrogens with two attached hydrogens (primary N) is 4. The molecule has 0 aliphatic heterocycles. The van der Waals surface area contributed by atoms with Crippen molar-refractivity contribution >= 4 is 46.4 Å². The van der Waals surface area contributed by atoms with Crippen molar-refractivity contribution in [2.45, 2.75) is 270 Å². The van der Waals surface area contributed by atoms with E-state index in [1.165, 1.54) is 0 Å². The minimum Gasteiger partial charge on any atom is -0.393 e. The SMILES string of the molecule is CNc1c(NCCCCC(NC(=O)CCC[C@@H](C)[C@H]2CC[C@H]3[C@@H]4[C@H](N)C[C@@H]5C[C@H](O)CC[C@]5(C)[C@H]4C[C@H](N)[C@]23C)C(=O)NCc2ccc(CNC(=O)C(CCCCNc3c(NC)c(=O)c3=O)NC(=O)CCC[C@@H](C)[C@H]3CC[C@H]4[C@@H]5[C@H](N)C[C@@H]6C[C@H](O)CC[C@]6(C)[C@H]5C[C@H](N)[C@]34C)cc2)c(=O)c1=O. The molecule has 4 amide bonds. The number of aliphatic hydroxyl groups is 2. The summed E-state index contributed by atoms with van der Waals surface area (Å²) in [4.78, 5) is 105. The molecule has 0 bridgehead atoms. The van der Waals surface area contributed by atoms with E-state index in [-0.39, 0.29) is 130 Å². The molecule has 0 saturated heterocycles. The Kier molecular flexibility index (Phi) is 24.4. The topological polar surface area (TPSA) is 377 Å². The Balaban J connectivity index is 0.663. The maximum atomic E-state index is 14.1. The van der Waals surface area contributed by atoms with Crippen molar-refractivity contribution in [1.29, 1.82) is 0 Å². The van der Waals surface area contributed by atoms with Crippen molar-refractivity contribution in [2.24, 2.45) is 116 Å². The van der Waals surface area contributed by atoms with Crippen LogP contribution in [0.3, 0.4) is 0 Å². The van der Waals surface area contributed by atoms with Gasteiger partial charge in [0.05, 0.1) is 12.2 Å². The van der Waals surface area contributed by atoms with Crippen LogP contribution in [0, 0.1) is 92.7 Å². The fourth-order valence-corrected chi connectivity index (χ4v) is 23.6. The summed E-state index contributed by atoms with van der Waals surface area (Å²) in [6, 6.07) is 6.19. The number of hydrogen-bond acceptors (Lipinski definition) is 18. The molecule has 0 aromatic heterocycles. The van der Waals surface area contributed by atoms with Gasteiger partial charge in [0.25, 0.3) is 21.7 Å². The summed E-state index contributed by atoms with van der Waals surface area (Å²) < 4.78 is 0. The van der Waals surface area contributed by atoms with Gasteiger partial charge >= 0.3 is 0 Å². The highest BCUT2D eigenvalue weighted by molar-refractivity contribution is 5.88. The summed E-state index contributed by atoms with van der Waals surface area (Å²) in [6.07, 6.45) is 19.7. The average molecular weight is 1420 g/mol. The molecule has 8 aliphatic rings. The molecule has 8 fully saturated rings. The van der Waals surface area contributed by atoms with Gasteiger partial charge in [-0.2, -0.15) is 0 Å². The summed E-state index contributed by atoms with van der Waals surface area (Å²) >= 11 is 0. The molecule has 22 nitrogen and oxygen atoms in total. The van der Waals surface area contributed by atoms with Gasteiger partial charge in [0.15, 0.2) is 0 Å². The maximum Gasteiger partial charge on any atom is 0.253 e. The first-order valence-corrected chi connectivity index (χ1v) is 39.7. The van der Waals surface area contributed by atoms with Crippen molar-refractivity contribution in [1.82, 2.24) is 21.3 Å². The van der Waals surface area contributed by atoms with E-state index in [1.807, 2.05) is 24.3 Å². The number of carbonyl (C=O) groups is 4. The van der Waals surface area contributed by atoms with Crippen LogP contribution in [0.15, 0.2) is 43.4 Å². The Morgan fingerprint density at radius 1 is 0.480 bits per heavy atom. The van der Waals surface area contributed by atoms with Gasteiger partial charge in [0.2, 0.25) is 23.6 Å². The summed E-state index contributed by atoms with van der Waals surface area (Å²) in [6.45, 7) is 15.6. The van der Waals surface area contributed by atoms with E-state index in [0.717, 1.165) is 114 Å². The van der Waals surface area contributed by atoms with Crippen LogP contribution in [0.5, 0.6) is 0 Å². The molecule has 0 heterocycles. The van der Waals surface area contributed by atoms with Crippen LogP contribution in [0.25, 0.3) is 0 Å². The van der Waals surface area contributed by atoms with Gasteiger partial charge in [-0.25, -0.2) is 0 Å². The van der Waals surface area contributed by atoms with Crippen LogP contribution < -0.4 is 87.2 Å². The lowest BCUT2D eigenvalue weighted by Gasteiger charge is -2.64. The fraction of sp³-hybridized carbons (Fsp3) is 0.775. The summed E-state index contributed by atoms with van der Waals surface area (Å²) in [5, 5.41) is 45.2. The predicted molar refractivity (Wildman–Crippen MR) is 402 cm³/mol. The van der Waals surface area contributed by atoms with Crippen molar-refractivity contribution in [3.63, 3.8) is 0 Å². The van der Waals surface area contributed by atoms with E-state index in [2.05, 4.69) is 84.1 Å². The zero-order valence-electron chi connectivity index (χ0n) is 62.5. The highest BCUT2D eigenvalue weighted by Gasteiger charge is 2.67. The minimum absolute atomic E-state index is 0.0503. The molecular formula is C80H126N12O10. The summed E-state index contributed by atoms with van der Waals surface area (Å²) in [5.41, 5.74) is 29.6. The molecule has 24 atom stereocenters. The Bertz CT molecular complexity index is 3350. The smallest absolute Gasteiger partial charge is 0.253 e. The van der Waals surface area contributed by atoms with E-state index in [0.29, 0.717) is 135 Å². The standard InChI is InChI=1S/C80H126N12O10/c1-43(51-25-27-53-65-55(39-61(83)79(51,53)5)77(3)31-29-49(93)35-47(77)37-57(65)81)15-13-19-63(95)91-59(17-9-11-33-87-69-67(85-7)71(97)73(69)99)75(101)89-41-45-21-23-46(24-22-45)42-90-76(102)60(18-10-12-34-88-70-68(86-8)72(98)74(70)100)92-64(96)20-14-16-44(2)52-26-28-54-66-56(40-62(84)80(52,54)6)78(4)32-30-50(94)36-48(78)38-58(66)82/h21-24,43-44,47-62,65-66,85-88,93-94H,9-20,25-42,81-84H2,1-8H3,(H,89,101)(H,90,102)(H,91,95)(H,92,96)/t43-,44-,47+,48+,49-,50-,51-,52-,53+,54+,55+,56+,57-,58-,59?,60?,61+,62+,65+,66+,77+,78+,79-,80-/m1/s1. The first-order chi connectivity index (χ1) is 48.6. The third-order valence-corrected chi connectivity index (χ3v) is 29.6. The molecule has 566 valence electrons. The molecule has 0 spiro atoms. The van der Waals surface area contributed by atoms with Crippen molar-refractivity contribution in [3.05, 3.63) is 76.3 Å². The fourth-order valence-electron chi connectivity index (χ4n) is 23.6. The van der Waals surface area contributed by atoms with E-state index < -0.39 is 33.8 Å². The Labute approximate surface area is 604 Å². The van der Waals surface area contributed by atoms with Crippen LogP contribution in [0.1, 0.15) is 220 Å². The number of fused-ring (bicyclic) bond motifs is 10. The van der Waals surface area contributed by atoms with E-state index in [1.54, 1.807) is 14.1 Å². The largest absolute Gasteiger partial charge is 0.393 e. The molecule has 22 heteroatoms. The normalized spacial score (nSPS) is 35.7. The van der Waals surface area contributed by atoms with E-state index in [4.69, 9.17) is 22.9 Å². The third kappa shape index (κ3) is 15.2. The van der Waals surface area contributed by atoms with Crippen LogP contribution in [-0.4, -0.2) is 109 Å². The molecule has 2 unspecified atom stereocenters. The lowest BCUT2D eigenvalue weighted by Crippen LogP contribution is -2.65. The highest BCUT2D eigenvalue weighted by atomic mass is 16.3. The first kappa shape index (κ1) is 77.3. The molecule has 8 aliphatic carbocycles. The number of amides is 4. The molecule has 8 saturated carbocycles. The zero-order chi connectivity index (χ0) is 73.3. The number of nitrogens with one attached hydrogen (secondary N) is 8. The number of rotatable bonds is 32. The maximum absolute atomic E-state index is 14.1. The lowest BCUT2D eigenvalue weighted by molar-refractivity contribution is -0.143. The quantitative estimate of drug-likeness (QED) is 0.0218. The average Bonchev–Trinajstić information content (AvgIpc) is 1.40. The second kappa shape index (κ2) is 32.1. The van der Waals surface area contributed by atoms with Gasteiger partial charge in [-0.3, -0.25) is 38.4 Å². The zero-order valence-corrected chi connectivity index (χ0v) is 62.5. The number of hydrogen-bond donors (Lipinski definition) is 14. The van der Waals surface area contributed by atoms with Gasteiger partial charge in [0.1, 0.15) is 34.8 Å². The first-order valence-electron chi connectivity index (χ1n) is 39.7. The minimum atomic E-state index is -0.823. The van der Waals surface area contributed by atoms with Crippen LogP contribution in [0.4, 0.5) is 22.7 Å². The molecule has 3 aromatic carbocycles. The molecule has 0 radical (unpaired) electrons. The number of aliphatic hydroxyl groups excluding tert-OH is 2. The molecule has 3 aromatic rings. The Morgan fingerprint density at radius 3 is 1.23 bits per heavy atom. The molecule has 18 N–H and O–H groups in total. The third-order valence-electron chi connectivity index (χ3n) is 29.6. The van der Waals surface area contributed by atoms with Crippen LogP contribution in [0.2, 0.25) is 0 Å². The molecule has 11 rings (SSSR count). The van der Waals surface area contributed by atoms with E-state index in [9.17, 15) is 48.6 Å². The van der Waals surface area contributed by atoms with Gasteiger partial charge in [-0.1, -0.05) is 65.8 Å². The number of carbonyl (C=O) groups excluding carboxylic acids is 4. The second-order valence-corrected chi connectivity index (χ2v) is 34.8. The highest BCUT2D eigenvalue weighted by Crippen LogP contribution is 2.70. The molecular weight excluding hydrogens is 1290 g/mol.